The maximum absolute atomic E-state index is 11.3. The molecule has 0 saturated carbocycles. The highest BCUT2D eigenvalue weighted by atomic mass is 35.5. The maximum atomic E-state index is 11.3. The van der Waals surface area contributed by atoms with Crippen LogP contribution in [0.1, 0.15) is 16.2 Å². The number of amides is 1. The number of hydrogen-bond acceptors (Lipinski definition) is 3. The Hall–Kier alpha value is -3.02. The van der Waals surface area contributed by atoms with Crippen molar-refractivity contribution >= 4 is 46.2 Å². The number of imidazole rings is 1. The molecule has 1 amide bonds. The zero-order chi connectivity index (χ0) is 19.4. The summed E-state index contributed by atoms with van der Waals surface area (Å²) in [6.45, 7) is 3.72. The zero-order valence-electron chi connectivity index (χ0n) is 14.1. The first-order valence-electron chi connectivity index (χ1n) is 7.89. The molecule has 7 heteroatoms. The molecule has 0 aliphatic carbocycles. The number of ether oxygens (including phenoxy) is 1. The van der Waals surface area contributed by atoms with Crippen LogP contribution in [0.15, 0.2) is 72.0 Å². The Balaban J connectivity index is 1.83. The third-order valence-electron chi connectivity index (χ3n) is 3.59. The van der Waals surface area contributed by atoms with E-state index in [0.29, 0.717) is 44.0 Å². The summed E-state index contributed by atoms with van der Waals surface area (Å²) in [5.74, 6) is 1.10. The van der Waals surface area contributed by atoms with Crippen molar-refractivity contribution in [1.29, 1.82) is 0 Å². The summed E-state index contributed by atoms with van der Waals surface area (Å²) in [5.41, 5.74) is 7.07. The lowest BCUT2D eigenvalue weighted by Gasteiger charge is -2.06. The first kappa shape index (κ1) is 18.8. The van der Waals surface area contributed by atoms with Gasteiger partial charge in [-0.2, -0.15) is 0 Å². The average molecular weight is 400 g/mol. The van der Waals surface area contributed by atoms with E-state index >= 15 is 0 Å². The van der Waals surface area contributed by atoms with E-state index in [9.17, 15) is 4.79 Å². The van der Waals surface area contributed by atoms with Crippen LogP contribution in [0.4, 0.5) is 0 Å². The lowest BCUT2D eigenvalue weighted by molar-refractivity contribution is 0.100. The lowest BCUT2D eigenvalue weighted by Crippen LogP contribution is -2.10. The summed E-state index contributed by atoms with van der Waals surface area (Å²) in [6, 6.07) is 11.9. The molecule has 0 bridgehead atoms. The number of rotatable bonds is 6. The van der Waals surface area contributed by atoms with Gasteiger partial charge in [0.2, 0.25) is 5.91 Å². The third-order valence-corrected chi connectivity index (χ3v) is 4.06. The number of nitrogens with zero attached hydrogens (tertiary/aromatic N) is 1. The van der Waals surface area contributed by atoms with Crippen LogP contribution in [0, 0.1) is 0 Å². The van der Waals surface area contributed by atoms with Crippen LogP contribution in [0.5, 0.6) is 5.75 Å². The SMILES string of the molecule is C=C/C(=C\C(Cl)=C\c1nc2ccc(C(N)=O)cc2[nH]1)Oc1ccc(Cl)cc1. The van der Waals surface area contributed by atoms with Gasteiger partial charge in [0.25, 0.3) is 0 Å². The number of nitrogens with one attached hydrogen (secondary N) is 1. The fourth-order valence-corrected chi connectivity index (χ4v) is 2.66. The number of allylic oxidation sites excluding steroid dienone is 3. The Bertz CT molecular complexity index is 1070. The number of aromatic amines is 1. The summed E-state index contributed by atoms with van der Waals surface area (Å²) in [4.78, 5) is 18.7. The number of benzene rings is 2. The van der Waals surface area contributed by atoms with E-state index in [1.165, 1.54) is 0 Å². The molecule has 2 aromatic carbocycles. The smallest absolute Gasteiger partial charge is 0.248 e. The van der Waals surface area contributed by atoms with Crippen molar-refractivity contribution in [2.45, 2.75) is 0 Å². The van der Waals surface area contributed by atoms with E-state index in [1.54, 1.807) is 60.7 Å². The molecule has 136 valence electrons. The van der Waals surface area contributed by atoms with Gasteiger partial charge in [-0.3, -0.25) is 4.79 Å². The molecule has 1 aromatic heterocycles. The van der Waals surface area contributed by atoms with E-state index in [2.05, 4.69) is 16.5 Å². The number of aromatic nitrogens is 2. The lowest BCUT2D eigenvalue weighted by atomic mass is 10.2. The molecular formula is C20H15Cl2N3O2. The molecule has 0 fully saturated rings. The summed E-state index contributed by atoms with van der Waals surface area (Å²) in [5, 5.41) is 1.00. The first-order chi connectivity index (χ1) is 12.9. The molecule has 0 radical (unpaired) electrons. The molecule has 0 unspecified atom stereocenters. The molecule has 3 aromatic rings. The van der Waals surface area contributed by atoms with Crippen LogP contribution >= 0.6 is 23.2 Å². The molecule has 0 aliphatic rings. The van der Waals surface area contributed by atoms with Gasteiger partial charge in [0.15, 0.2) is 0 Å². The minimum atomic E-state index is -0.500. The maximum Gasteiger partial charge on any atom is 0.248 e. The second-order valence-electron chi connectivity index (χ2n) is 5.55. The van der Waals surface area contributed by atoms with Crippen LogP contribution in [0.25, 0.3) is 17.1 Å². The molecule has 0 aliphatic heterocycles. The van der Waals surface area contributed by atoms with Gasteiger partial charge in [-0.25, -0.2) is 4.98 Å². The normalized spacial score (nSPS) is 12.2. The number of fused-ring (bicyclic) bond motifs is 1. The van der Waals surface area contributed by atoms with Crippen LogP contribution in [-0.4, -0.2) is 15.9 Å². The van der Waals surface area contributed by atoms with Crippen LogP contribution in [0.3, 0.4) is 0 Å². The number of nitrogens with two attached hydrogens (primary N) is 1. The van der Waals surface area contributed by atoms with Crippen molar-refractivity contribution in [3.8, 4) is 5.75 Å². The van der Waals surface area contributed by atoms with E-state index in [4.69, 9.17) is 33.7 Å². The first-order valence-corrected chi connectivity index (χ1v) is 8.64. The Morgan fingerprint density at radius 3 is 2.63 bits per heavy atom. The molecule has 0 spiro atoms. The van der Waals surface area contributed by atoms with Gasteiger partial charge in [0.1, 0.15) is 17.3 Å². The van der Waals surface area contributed by atoms with Gasteiger partial charge in [-0.05, 0) is 60.7 Å². The predicted molar refractivity (Wildman–Crippen MR) is 109 cm³/mol. The Kier molecular flexibility index (Phi) is 5.64. The number of carbonyl (C=O) groups excluding carboxylic acids is 1. The van der Waals surface area contributed by atoms with Crippen molar-refractivity contribution in [1.82, 2.24) is 9.97 Å². The standard InChI is InChI=1S/C20H15Cl2N3O2/c1-2-15(27-16-6-4-13(21)5-7-16)10-14(22)11-19-24-17-8-3-12(20(23)26)9-18(17)25-19/h2-11H,1H2,(H2,23,26)(H,24,25)/b14-11-,15-10+. The molecule has 5 nitrogen and oxygen atoms in total. The van der Waals surface area contributed by atoms with Crippen molar-refractivity contribution in [3.05, 3.63) is 88.4 Å². The third kappa shape index (κ3) is 4.78. The fourth-order valence-electron chi connectivity index (χ4n) is 2.33. The van der Waals surface area contributed by atoms with Crippen molar-refractivity contribution in [2.75, 3.05) is 0 Å². The van der Waals surface area contributed by atoms with E-state index < -0.39 is 5.91 Å². The summed E-state index contributed by atoms with van der Waals surface area (Å²) >= 11 is 12.2. The largest absolute Gasteiger partial charge is 0.457 e. The minimum absolute atomic E-state index is 0.382. The number of primary amides is 1. The zero-order valence-corrected chi connectivity index (χ0v) is 15.6. The summed E-state index contributed by atoms with van der Waals surface area (Å²) < 4.78 is 5.71. The number of halogens is 2. The Labute approximate surface area is 165 Å². The van der Waals surface area contributed by atoms with E-state index in [1.807, 2.05) is 0 Å². The molecule has 27 heavy (non-hydrogen) atoms. The van der Waals surface area contributed by atoms with Gasteiger partial charge in [-0.15, -0.1) is 0 Å². The van der Waals surface area contributed by atoms with Crippen molar-refractivity contribution in [2.24, 2.45) is 5.73 Å². The molecule has 0 saturated heterocycles. The van der Waals surface area contributed by atoms with E-state index in [-0.39, 0.29) is 0 Å². The second kappa shape index (κ2) is 8.12. The van der Waals surface area contributed by atoms with Crippen LogP contribution < -0.4 is 10.5 Å². The van der Waals surface area contributed by atoms with Crippen LogP contribution in [-0.2, 0) is 0 Å². The monoisotopic (exact) mass is 399 g/mol. The molecular weight excluding hydrogens is 385 g/mol. The summed E-state index contributed by atoms with van der Waals surface area (Å²) in [6.07, 6.45) is 4.80. The molecule has 3 rings (SSSR count). The van der Waals surface area contributed by atoms with Crippen LogP contribution in [0.2, 0.25) is 5.02 Å². The Morgan fingerprint density at radius 2 is 1.96 bits per heavy atom. The highest BCUT2D eigenvalue weighted by Gasteiger charge is 2.06. The van der Waals surface area contributed by atoms with Crippen molar-refractivity contribution in [3.63, 3.8) is 0 Å². The van der Waals surface area contributed by atoms with Gasteiger partial charge in [0, 0.05) is 15.6 Å². The number of H-pyrrole nitrogens is 1. The van der Waals surface area contributed by atoms with Gasteiger partial charge >= 0.3 is 0 Å². The van der Waals surface area contributed by atoms with E-state index in [0.717, 1.165) is 0 Å². The predicted octanol–water partition coefficient (Wildman–Crippen LogP) is 5.04. The average Bonchev–Trinajstić information content (AvgIpc) is 3.03. The highest BCUT2D eigenvalue weighted by Crippen LogP contribution is 2.21. The van der Waals surface area contributed by atoms with Crippen molar-refractivity contribution < 1.29 is 9.53 Å². The quantitative estimate of drug-likeness (QED) is 0.449. The number of hydrogen-bond donors (Lipinski definition) is 2. The second-order valence-corrected chi connectivity index (χ2v) is 6.43. The number of carbonyl (C=O) groups is 1. The summed E-state index contributed by atoms with van der Waals surface area (Å²) in [7, 11) is 0. The van der Waals surface area contributed by atoms with Gasteiger partial charge in [-0.1, -0.05) is 29.8 Å². The molecule has 0 atom stereocenters. The minimum Gasteiger partial charge on any atom is -0.457 e. The fraction of sp³-hybridized carbons (Fsp3) is 0. The highest BCUT2D eigenvalue weighted by molar-refractivity contribution is 6.33. The van der Waals surface area contributed by atoms with Gasteiger partial charge in [0.05, 0.1) is 11.0 Å². The molecule has 3 N–H and O–H groups in total. The molecule has 1 heterocycles. The van der Waals surface area contributed by atoms with Gasteiger partial charge < -0.3 is 15.5 Å². The topological polar surface area (TPSA) is 81.0 Å². The Morgan fingerprint density at radius 1 is 1.22 bits per heavy atom.